The van der Waals surface area contributed by atoms with E-state index in [0.717, 1.165) is 19.7 Å². The second-order valence-corrected chi connectivity index (χ2v) is 6.47. The minimum Gasteiger partial charge on any atom is -0.382 e. The first-order valence-electron chi connectivity index (χ1n) is 6.40. The number of hydrogen-bond donors (Lipinski definition) is 1. The Balaban J connectivity index is 2.14. The van der Waals surface area contributed by atoms with E-state index in [9.17, 15) is 0 Å². The maximum Gasteiger partial charge on any atom is 0.0700 e. The van der Waals surface area contributed by atoms with Crippen LogP contribution in [-0.2, 0) is 21.4 Å². The van der Waals surface area contributed by atoms with Crippen LogP contribution in [0, 0.1) is 0 Å². The molecule has 0 fully saturated rings. The average molecular weight is 271 g/mol. The Labute approximate surface area is 114 Å². The van der Waals surface area contributed by atoms with Gasteiger partial charge in [0, 0.05) is 30.0 Å². The molecule has 0 aliphatic carbocycles. The molecule has 0 radical (unpaired) electrons. The maximum atomic E-state index is 5.39. The van der Waals surface area contributed by atoms with E-state index < -0.39 is 0 Å². The highest BCUT2D eigenvalue weighted by Crippen LogP contribution is 2.29. The van der Waals surface area contributed by atoms with Crippen LogP contribution in [-0.4, -0.2) is 33.5 Å². The van der Waals surface area contributed by atoms with Crippen LogP contribution in [0.4, 0.5) is 0 Å². The van der Waals surface area contributed by atoms with E-state index in [1.165, 1.54) is 9.75 Å². The van der Waals surface area contributed by atoms with Crippen molar-refractivity contribution >= 4 is 11.3 Å². The first-order chi connectivity index (χ1) is 8.54. The lowest BCUT2D eigenvalue weighted by atomic mass is 9.95. The van der Waals surface area contributed by atoms with Crippen LogP contribution >= 0.6 is 11.3 Å². The summed E-state index contributed by atoms with van der Waals surface area (Å²) in [5.41, 5.74) is 0.256. The molecule has 0 aromatic carbocycles. The van der Waals surface area contributed by atoms with Gasteiger partial charge in [0.2, 0.25) is 0 Å². The molecule has 0 saturated carbocycles. The van der Waals surface area contributed by atoms with Gasteiger partial charge in [-0.15, -0.1) is 11.3 Å². The van der Waals surface area contributed by atoms with Crippen LogP contribution in [0.25, 0.3) is 0 Å². The van der Waals surface area contributed by atoms with Crippen molar-refractivity contribution in [1.29, 1.82) is 0 Å². The van der Waals surface area contributed by atoms with Gasteiger partial charge in [-0.25, -0.2) is 0 Å². The third kappa shape index (κ3) is 5.96. The van der Waals surface area contributed by atoms with Gasteiger partial charge < -0.3 is 14.8 Å². The Morgan fingerprint density at radius 2 is 1.94 bits per heavy atom. The molecule has 0 amide bonds. The van der Waals surface area contributed by atoms with E-state index >= 15 is 0 Å². The Hall–Kier alpha value is -0.420. The third-order valence-electron chi connectivity index (χ3n) is 2.56. The van der Waals surface area contributed by atoms with E-state index in [1.807, 2.05) is 11.3 Å². The van der Waals surface area contributed by atoms with Gasteiger partial charge in [0.05, 0.1) is 19.8 Å². The SMILES string of the molecule is COCCOCCNCc1ccc(C(C)(C)C)s1. The topological polar surface area (TPSA) is 30.5 Å². The molecular weight excluding hydrogens is 246 g/mol. The number of nitrogens with one attached hydrogen (secondary N) is 1. The Morgan fingerprint density at radius 1 is 1.17 bits per heavy atom. The van der Waals surface area contributed by atoms with Gasteiger partial charge in [-0.1, -0.05) is 20.8 Å². The quantitative estimate of drug-likeness (QED) is 0.738. The molecule has 1 aromatic rings. The summed E-state index contributed by atoms with van der Waals surface area (Å²) in [7, 11) is 1.69. The van der Waals surface area contributed by atoms with Gasteiger partial charge in [-0.3, -0.25) is 0 Å². The van der Waals surface area contributed by atoms with Crippen LogP contribution in [0.1, 0.15) is 30.5 Å². The fourth-order valence-corrected chi connectivity index (χ4v) is 2.51. The molecule has 1 rings (SSSR count). The normalized spacial score (nSPS) is 12.0. The molecule has 0 atom stereocenters. The number of ether oxygens (including phenoxy) is 2. The van der Waals surface area contributed by atoms with Crippen molar-refractivity contribution in [3.63, 3.8) is 0 Å². The van der Waals surface area contributed by atoms with Crippen molar-refractivity contribution in [2.75, 3.05) is 33.5 Å². The molecule has 0 bridgehead atoms. The summed E-state index contributed by atoms with van der Waals surface area (Å²) in [4.78, 5) is 2.83. The van der Waals surface area contributed by atoms with E-state index in [2.05, 4.69) is 38.2 Å². The lowest BCUT2D eigenvalue weighted by Gasteiger charge is -2.15. The lowest BCUT2D eigenvalue weighted by Crippen LogP contribution is -2.19. The monoisotopic (exact) mass is 271 g/mol. The molecule has 1 heterocycles. The third-order valence-corrected chi connectivity index (χ3v) is 4.07. The number of thiophene rings is 1. The molecule has 18 heavy (non-hydrogen) atoms. The highest BCUT2D eigenvalue weighted by atomic mass is 32.1. The van der Waals surface area contributed by atoms with Crippen LogP contribution in [0.5, 0.6) is 0 Å². The second-order valence-electron chi connectivity index (χ2n) is 5.30. The van der Waals surface area contributed by atoms with Crippen molar-refractivity contribution in [3.8, 4) is 0 Å². The summed E-state index contributed by atoms with van der Waals surface area (Å²) in [6.45, 7) is 10.6. The summed E-state index contributed by atoms with van der Waals surface area (Å²) in [6.07, 6.45) is 0. The number of hydrogen-bond acceptors (Lipinski definition) is 4. The predicted octanol–water partition coefficient (Wildman–Crippen LogP) is 2.80. The van der Waals surface area contributed by atoms with Gasteiger partial charge in [0.1, 0.15) is 0 Å². The minimum absolute atomic E-state index is 0.256. The first-order valence-corrected chi connectivity index (χ1v) is 7.22. The molecule has 104 valence electrons. The molecule has 0 aliphatic heterocycles. The molecule has 4 heteroatoms. The predicted molar refractivity (Wildman–Crippen MR) is 77.4 cm³/mol. The lowest BCUT2D eigenvalue weighted by molar-refractivity contribution is 0.0719. The summed E-state index contributed by atoms with van der Waals surface area (Å²) >= 11 is 1.89. The van der Waals surface area contributed by atoms with Crippen molar-refractivity contribution < 1.29 is 9.47 Å². The van der Waals surface area contributed by atoms with Gasteiger partial charge >= 0.3 is 0 Å². The van der Waals surface area contributed by atoms with Crippen molar-refractivity contribution in [2.24, 2.45) is 0 Å². The molecule has 3 nitrogen and oxygen atoms in total. The largest absolute Gasteiger partial charge is 0.382 e. The molecule has 0 saturated heterocycles. The highest BCUT2D eigenvalue weighted by Gasteiger charge is 2.15. The van der Waals surface area contributed by atoms with Gasteiger partial charge in [0.25, 0.3) is 0 Å². The van der Waals surface area contributed by atoms with Crippen molar-refractivity contribution in [1.82, 2.24) is 5.32 Å². The first kappa shape index (κ1) is 15.6. The van der Waals surface area contributed by atoms with Gasteiger partial charge in [-0.2, -0.15) is 0 Å². The summed E-state index contributed by atoms with van der Waals surface area (Å²) in [5, 5.41) is 3.39. The van der Waals surface area contributed by atoms with E-state index in [1.54, 1.807) is 7.11 Å². The standard InChI is InChI=1S/C14H25NO2S/c1-14(2,3)13-6-5-12(18-13)11-15-7-8-17-10-9-16-4/h5-6,15H,7-11H2,1-4H3. The average Bonchev–Trinajstić information content (AvgIpc) is 2.76. The summed E-state index contributed by atoms with van der Waals surface area (Å²) in [6, 6.07) is 4.45. The molecule has 0 unspecified atom stereocenters. The summed E-state index contributed by atoms with van der Waals surface area (Å²) < 4.78 is 10.3. The van der Waals surface area contributed by atoms with E-state index in [0.29, 0.717) is 13.2 Å². The molecule has 1 N–H and O–H groups in total. The summed E-state index contributed by atoms with van der Waals surface area (Å²) in [5.74, 6) is 0. The van der Waals surface area contributed by atoms with E-state index in [4.69, 9.17) is 9.47 Å². The van der Waals surface area contributed by atoms with Gasteiger partial charge in [0.15, 0.2) is 0 Å². The Morgan fingerprint density at radius 3 is 2.56 bits per heavy atom. The smallest absolute Gasteiger partial charge is 0.0700 e. The molecule has 0 spiro atoms. The Kier molecular flexibility index (Phi) is 6.86. The van der Waals surface area contributed by atoms with Crippen LogP contribution < -0.4 is 5.32 Å². The maximum absolute atomic E-state index is 5.39. The highest BCUT2D eigenvalue weighted by molar-refractivity contribution is 7.12. The van der Waals surface area contributed by atoms with Crippen molar-refractivity contribution in [2.45, 2.75) is 32.7 Å². The zero-order valence-corrected chi connectivity index (χ0v) is 12.7. The number of methoxy groups -OCH3 is 1. The second kappa shape index (κ2) is 7.89. The van der Waals surface area contributed by atoms with Gasteiger partial charge in [-0.05, 0) is 17.5 Å². The Bertz CT molecular complexity index is 331. The fraction of sp³-hybridized carbons (Fsp3) is 0.714. The zero-order chi connectivity index (χ0) is 13.4. The van der Waals surface area contributed by atoms with Crippen molar-refractivity contribution in [3.05, 3.63) is 21.9 Å². The molecule has 0 aliphatic rings. The van der Waals surface area contributed by atoms with Crippen LogP contribution in [0.3, 0.4) is 0 Å². The van der Waals surface area contributed by atoms with Crippen LogP contribution in [0.15, 0.2) is 12.1 Å². The van der Waals surface area contributed by atoms with E-state index in [-0.39, 0.29) is 5.41 Å². The van der Waals surface area contributed by atoms with Crippen LogP contribution in [0.2, 0.25) is 0 Å². The molecule has 1 aromatic heterocycles. The minimum atomic E-state index is 0.256. The zero-order valence-electron chi connectivity index (χ0n) is 11.9. The molecular formula is C14H25NO2S. The fourth-order valence-electron chi connectivity index (χ4n) is 1.48. The number of rotatable bonds is 8.